The minimum absolute atomic E-state index is 0.169. The highest BCUT2D eigenvalue weighted by molar-refractivity contribution is 5.74. The van der Waals surface area contributed by atoms with Crippen LogP contribution in [-0.2, 0) is 4.74 Å². The Balaban J connectivity index is 1.47. The molecule has 8 nitrogen and oxygen atoms in total. The minimum atomic E-state index is -0.169. The summed E-state index contributed by atoms with van der Waals surface area (Å²) in [4.78, 5) is 7.58. The van der Waals surface area contributed by atoms with Gasteiger partial charge in [0.05, 0.1) is 43.0 Å². The van der Waals surface area contributed by atoms with Crippen molar-refractivity contribution >= 4 is 16.8 Å². The summed E-state index contributed by atoms with van der Waals surface area (Å²) in [7, 11) is 0. The van der Waals surface area contributed by atoms with Gasteiger partial charge in [-0.25, -0.2) is 4.98 Å². The molecule has 0 aromatic carbocycles. The van der Waals surface area contributed by atoms with Crippen molar-refractivity contribution in [2.45, 2.75) is 50.1 Å². The third-order valence-corrected chi connectivity index (χ3v) is 6.20. The largest absolute Gasteiger partial charge is 0.377 e. The first-order valence-electron chi connectivity index (χ1n) is 9.62. The van der Waals surface area contributed by atoms with Crippen LogP contribution in [-0.4, -0.2) is 49.4 Å². The van der Waals surface area contributed by atoms with E-state index >= 15 is 0 Å². The molecule has 3 atom stereocenters. The summed E-state index contributed by atoms with van der Waals surface area (Å²) < 4.78 is 7.54. The van der Waals surface area contributed by atoms with Gasteiger partial charge in [0, 0.05) is 18.2 Å². The predicted molar refractivity (Wildman–Crippen MR) is 99.1 cm³/mol. The highest BCUT2D eigenvalue weighted by Gasteiger charge is 2.44. The number of nitrogens with one attached hydrogen (secondary N) is 2. The van der Waals surface area contributed by atoms with E-state index in [9.17, 15) is 0 Å². The van der Waals surface area contributed by atoms with Crippen LogP contribution in [0.5, 0.6) is 0 Å². The fraction of sp³-hybridized carbons (Fsp3) is 0.579. The average molecular weight is 365 g/mol. The summed E-state index contributed by atoms with van der Waals surface area (Å²) in [6.07, 6.45) is 7.36. The zero-order valence-corrected chi connectivity index (χ0v) is 15.4. The monoisotopic (exact) mass is 365 g/mol. The SMILES string of the molecule is CCC1CC(NC2(CC#N)COC2)CC1c1nnc2cnc3[nH]ccc3n12. The van der Waals surface area contributed by atoms with Crippen LogP contribution < -0.4 is 5.32 Å². The number of fused-ring (bicyclic) bond motifs is 3. The zero-order chi connectivity index (χ0) is 18.4. The Morgan fingerprint density at radius 2 is 2.30 bits per heavy atom. The molecule has 4 heterocycles. The molecule has 3 aromatic rings. The summed E-state index contributed by atoms with van der Waals surface area (Å²) in [5.74, 6) is 1.90. The van der Waals surface area contributed by atoms with E-state index in [-0.39, 0.29) is 5.54 Å². The maximum Gasteiger partial charge on any atom is 0.179 e. The molecule has 0 bridgehead atoms. The van der Waals surface area contributed by atoms with E-state index in [1.807, 2.05) is 12.3 Å². The molecule has 2 N–H and O–H groups in total. The lowest BCUT2D eigenvalue weighted by Crippen LogP contribution is -2.62. The molecule has 3 unspecified atom stereocenters. The lowest BCUT2D eigenvalue weighted by atomic mass is 9.92. The van der Waals surface area contributed by atoms with Crippen LogP contribution in [0.4, 0.5) is 0 Å². The fourth-order valence-corrected chi connectivity index (χ4v) is 4.82. The van der Waals surface area contributed by atoms with Crippen molar-refractivity contribution in [1.82, 2.24) is 29.9 Å². The number of aromatic amines is 1. The lowest BCUT2D eigenvalue weighted by Gasteiger charge is -2.42. The highest BCUT2D eigenvalue weighted by atomic mass is 16.5. The van der Waals surface area contributed by atoms with Gasteiger partial charge in [-0.2, -0.15) is 5.26 Å². The van der Waals surface area contributed by atoms with Crippen LogP contribution in [0.1, 0.15) is 44.3 Å². The van der Waals surface area contributed by atoms with Crippen molar-refractivity contribution in [3.63, 3.8) is 0 Å². The molecule has 0 radical (unpaired) electrons. The molecule has 5 rings (SSSR count). The third kappa shape index (κ3) is 2.61. The Morgan fingerprint density at radius 1 is 1.41 bits per heavy atom. The van der Waals surface area contributed by atoms with Crippen LogP contribution in [0.2, 0.25) is 0 Å². The second-order valence-corrected chi connectivity index (χ2v) is 7.92. The maximum absolute atomic E-state index is 9.16. The molecule has 1 saturated heterocycles. The third-order valence-electron chi connectivity index (χ3n) is 6.20. The van der Waals surface area contributed by atoms with Gasteiger partial charge in [0.25, 0.3) is 0 Å². The number of nitrogens with zero attached hydrogens (tertiary/aromatic N) is 5. The van der Waals surface area contributed by atoms with Crippen molar-refractivity contribution in [3.05, 3.63) is 24.3 Å². The second-order valence-electron chi connectivity index (χ2n) is 7.92. The van der Waals surface area contributed by atoms with E-state index in [1.165, 1.54) is 0 Å². The van der Waals surface area contributed by atoms with Gasteiger partial charge in [0.15, 0.2) is 11.3 Å². The Hall–Kier alpha value is -2.50. The van der Waals surface area contributed by atoms with E-state index < -0.39 is 0 Å². The second kappa shape index (κ2) is 6.29. The molecule has 8 heteroatoms. The molecule has 1 aliphatic heterocycles. The van der Waals surface area contributed by atoms with Crippen LogP contribution in [0.25, 0.3) is 16.8 Å². The van der Waals surface area contributed by atoms with Crippen LogP contribution in [0.3, 0.4) is 0 Å². The van der Waals surface area contributed by atoms with Gasteiger partial charge in [-0.05, 0) is 24.8 Å². The molecule has 0 spiro atoms. The summed E-state index contributed by atoms with van der Waals surface area (Å²) >= 11 is 0. The molecular formula is C19H23N7O. The summed E-state index contributed by atoms with van der Waals surface area (Å²) in [5.41, 5.74) is 2.49. The van der Waals surface area contributed by atoms with E-state index in [2.05, 4.69) is 42.9 Å². The highest BCUT2D eigenvalue weighted by Crippen LogP contribution is 2.42. The molecule has 2 fully saturated rings. The number of H-pyrrole nitrogens is 1. The van der Waals surface area contributed by atoms with Crippen LogP contribution in [0, 0.1) is 17.2 Å². The fourth-order valence-electron chi connectivity index (χ4n) is 4.82. The molecule has 27 heavy (non-hydrogen) atoms. The van der Waals surface area contributed by atoms with Crippen molar-refractivity contribution < 1.29 is 4.74 Å². The normalized spacial score (nSPS) is 27.0. The maximum atomic E-state index is 9.16. The molecule has 1 aliphatic carbocycles. The summed E-state index contributed by atoms with van der Waals surface area (Å²) in [6, 6.07) is 4.71. The van der Waals surface area contributed by atoms with Gasteiger partial charge in [-0.3, -0.25) is 4.40 Å². The topological polar surface area (TPSA) is 104 Å². The van der Waals surface area contributed by atoms with Crippen LogP contribution >= 0.6 is 0 Å². The average Bonchev–Trinajstić information content (AvgIpc) is 3.35. The van der Waals surface area contributed by atoms with Crippen molar-refractivity contribution in [3.8, 4) is 6.07 Å². The number of ether oxygens (including phenoxy) is 1. The van der Waals surface area contributed by atoms with Gasteiger partial charge in [0.2, 0.25) is 0 Å². The number of hydrogen-bond donors (Lipinski definition) is 2. The Kier molecular flexibility index (Phi) is 3.88. The minimum Gasteiger partial charge on any atom is -0.377 e. The first-order valence-corrected chi connectivity index (χ1v) is 9.62. The van der Waals surface area contributed by atoms with Gasteiger partial charge < -0.3 is 15.0 Å². The molecule has 2 aliphatic rings. The number of aromatic nitrogens is 5. The van der Waals surface area contributed by atoms with E-state index in [0.29, 0.717) is 37.5 Å². The summed E-state index contributed by atoms with van der Waals surface area (Å²) in [5, 5.41) is 21.8. The van der Waals surface area contributed by atoms with Gasteiger partial charge >= 0.3 is 0 Å². The van der Waals surface area contributed by atoms with Crippen molar-refractivity contribution in [2.24, 2.45) is 5.92 Å². The zero-order valence-electron chi connectivity index (χ0n) is 15.4. The Bertz CT molecular complexity index is 1010. The molecule has 140 valence electrons. The smallest absolute Gasteiger partial charge is 0.179 e. The van der Waals surface area contributed by atoms with E-state index in [0.717, 1.165) is 41.9 Å². The number of nitriles is 1. The Morgan fingerprint density at radius 3 is 3.04 bits per heavy atom. The van der Waals surface area contributed by atoms with Crippen LogP contribution in [0.15, 0.2) is 18.5 Å². The number of rotatable bonds is 5. The van der Waals surface area contributed by atoms with Gasteiger partial charge in [0.1, 0.15) is 5.82 Å². The van der Waals surface area contributed by atoms with Crippen molar-refractivity contribution in [2.75, 3.05) is 13.2 Å². The first kappa shape index (κ1) is 16.7. The number of hydrogen-bond acceptors (Lipinski definition) is 6. The Labute approximate surface area is 156 Å². The quantitative estimate of drug-likeness (QED) is 0.718. The molecular weight excluding hydrogens is 342 g/mol. The molecule has 1 saturated carbocycles. The van der Waals surface area contributed by atoms with E-state index in [4.69, 9.17) is 10.00 Å². The molecule has 3 aromatic heterocycles. The lowest BCUT2D eigenvalue weighted by molar-refractivity contribution is -0.0769. The first-order chi connectivity index (χ1) is 13.2. The molecule has 0 amide bonds. The van der Waals surface area contributed by atoms with Crippen molar-refractivity contribution in [1.29, 1.82) is 5.26 Å². The standard InChI is InChI=1S/C19H23N7O/c1-2-12-7-13(23-19(4-5-20)10-27-11-19)8-14(12)18-25-24-16-9-22-17-15(26(16)18)3-6-21-17/h3,6,9,12-14,21,23H,2,4,7-8,10-11H2,1H3. The van der Waals surface area contributed by atoms with E-state index in [1.54, 1.807) is 6.20 Å². The predicted octanol–water partition coefficient (Wildman–Crippen LogP) is 2.15. The van der Waals surface area contributed by atoms with Gasteiger partial charge in [-0.15, -0.1) is 10.2 Å². The summed E-state index contributed by atoms with van der Waals surface area (Å²) in [6.45, 7) is 3.50. The van der Waals surface area contributed by atoms with Gasteiger partial charge in [-0.1, -0.05) is 13.3 Å².